The van der Waals surface area contributed by atoms with E-state index in [1.54, 1.807) is 45.0 Å². The van der Waals surface area contributed by atoms with Gasteiger partial charge in [-0.1, -0.05) is 19.3 Å². The summed E-state index contributed by atoms with van der Waals surface area (Å²) >= 11 is 0. The number of ether oxygens (including phenoxy) is 2. The van der Waals surface area contributed by atoms with E-state index in [1.807, 2.05) is 0 Å². The van der Waals surface area contributed by atoms with Crippen LogP contribution in [0.3, 0.4) is 0 Å². The predicted molar refractivity (Wildman–Crippen MR) is 92.1 cm³/mol. The molecule has 0 saturated heterocycles. The maximum absolute atomic E-state index is 12.2. The molecule has 24 heavy (non-hydrogen) atoms. The fourth-order valence-electron chi connectivity index (χ4n) is 2.78. The summed E-state index contributed by atoms with van der Waals surface area (Å²) in [7, 11) is 0. The Bertz CT molecular complexity index is 547. The second-order valence-electron chi connectivity index (χ2n) is 6.58. The van der Waals surface area contributed by atoms with E-state index < -0.39 is 12.1 Å². The normalized spacial score (nSPS) is 16.5. The average Bonchev–Trinajstić information content (AvgIpc) is 2.55. The van der Waals surface area contributed by atoms with E-state index in [0.717, 1.165) is 12.8 Å². The Labute approximate surface area is 143 Å². The number of carbonyl (C=O) groups is 2. The third-order valence-electron chi connectivity index (χ3n) is 4.05. The van der Waals surface area contributed by atoms with Crippen LogP contribution < -0.4 is 10.1 Å². The molecule has 1 aromatic carbocycles. The topological polar surface area (TPSA) is 64.6 Å². The number of hydrogen-bond donors (Lipinski definition) is 1. The highest BCUT2D eigenvalue weighted by Gasteiger charge is 2.19. The van der Waals surface area contributed by atoms with Crippen LogP contribution >= 0.6 is 0 Å². The molecular formula is C19H27NO4. The Balaban J connectivity index is 1.87. The zero-order valence-electron chi connectivity index (χ0n) is 14.7. The van der Waals surface area contributed by atoms with Crippen LogP contribution in [0.2, 0.25) is 0 Å². The van der Waals surface area contributed by atoms with Gasteiger partial charge in [-0.3, -0.25) is 4.79 Å². The van der Waals surface area contributed by atoms with Crippen LogP contribution in [-0.2, 0) is 9.53 Å². The van der Waals surface area contributed by atoms with E-state index in [-0.39, 0.29) is 18.1 Å². The van der Waals surface area contributed by atoms with Gasteiger partial charge in [0.05, 0.1) is 6.10 Å². The molecule has 0 heterocycles. The van der Waals surface area contributed by atoms with E-state index in [9.17, 15) is 9.59 Å². The third-order valence-corrected chi connectivity index (χ3v) is 4.05. The highest BCUT2D eigenvalue weighted by molar-refractivity contribution is 5.94. The van der Waals surface area contributed by atoms with Gasteiger partial charge in [0.2, 0.25) is 0 Å². The predicted octanol–water partition coefficient (Wildman–Crippen LogP) is 3.47. The molecule has 132 valence electrons. The second-order valence-corrected chi connectivity index (χ2v) is 6.58. The van der Waals surface area contributed by atoms with Gasteiger partial charge in [-0.15, -0.1) is 0 Å². The highest BCUT2D eigenvalue weighted by Crippen LogP contribution is 2.19. The lowest BCUT2D eigenvalue weighted by atomic mass is 9.95. The van der Waals surface area contributed by atoms with Gasteiger partial charge in [-0.2, -0.15) is 0 Å². The molecule has 1 amide bonds. The smallest absolute Gasteiger partial charge is 0.347 e. The molecule has 0 bridgehead atoms. The van der Waals surface area contributed by atoms with Gasteiger partial charge >= 0.3 is 5.97 Å². The zero-order chi connectivity index (χ0) is 17.5. The van der Waals surface area contributed by atoms with Crippen molar-refractivity contribution in [2.24, 2.45) is 0 Å². The first kappa shape index (κ1) is 18.3. The van der Waals surface area contributed by atoms with E-state index in [4.69, 9.17) is 9.47 Å². The molecule has 1 aromatic rings. The molecular weight excluding hydrogens is 306 g/mol. The summed E-state index contributed by atoms with van der Waals surface area (Å²) in [4.78, 5) is 24.0. The van der Waals surface area contributed by atoms with Crippen LogP contribution in [0.4, 0.5) is 0 Å². The largest absolute Gasteiger partial charge is 0.479 e. The number of benzene rings is 1. The van der Waals surface area contributed by atoms with Crippen molar-refractivity contribution in [3.63, 3.8) is 0 Å². The molecule has 0 aromatic heterocycles. The van der Waals surface area contributed by atoms with Gasteiger partial charge in [-0.05, 0) is 57.9 Å². The summed E-state index contributed by atoms with van der Waals surface area (Å²) in [5.41, 5.74) is 0.602. The molecule has 5 nitrogen and oxygen atoms in total. The molecule has 1 aliphatic rings. The Morgan fingerprint density at radius 3 is 2.25 bits per heavy atom. The number of esters is 1. The summed E-state index contributed by atoms with van der Waals surface area (Å²) in [5, 5.41) is 3.08. The molecule has 0 aliphatic heterocycles. The van der Waals surface area contributed by atoms with E-state index in [1.165, 1.54) is 19.3 Å². The maximum atomic E-state index is 12.2. The lowest BCUT2D eigenvalue weighted by Gasteiger charge is -2.22. The van der Waals surface area contributed by atoms with Gasteiger partial charge < -0.3 is 14.8 Å². The standard InChI is InChI=1S/C19H27NO4/c1-13(2)23-19(22)14(3)24-17-11-9-15(10-12-17)18(21)20-16-7-5-4-6-8-16/h9-14,16H,4-8H2,1-3H3,(H,20,21)/t14-/m1/s1. The van der Waals surface area contributed by atoms with Crippen molar-refractivity contribution in [1.29, 1.82) is 0 Å². The highest BCUT2D eigenvalue weighted by atomic mass is 16.6. The summed E-state index contributed by atoms with van der Waals surface area (Å²) in [6, 6.07) is 7.12. The lowest BCUT2D eigenvalue weighted by Crippen LogP contribution is -2.36. The quantitative estimate of drug-likeness (QED) is 0.810. The lowest BCUT2D eigenvalue weighted by molar-refractivity contribution is -0.154. The molecule has 2 rings (SSSR count). The number of amides is 1. The maximum Gasteiger partial charge on any atom is 0.347 e. The van der Waals surface area contributed by atoms with Crippen LogP contribution in [0, 0.1) is 0 Å². The van der Waals surface area contributed by atoms with E-state index in [2.05, 4.69) is 5.32 Å². The number of hydrogen-bond acceptors (Lipinski definition) is 4. The number of nitrogens with one attached hydrogen (secondary N) is 1. The van der Waals surface area contributed by atoms with Crippen LogP contribution in [-0.4, -0.2) is 30.1 Å². The molecule has 1 aliphatic carbocycles. The van der Waals surface area contributed by atoms with Crippen LogP contribution in [0.25, 0.3) is 0 Å². The zero-order valence-corrected chi connectivity index (χ0v) is 14.7. The molecule has 5 heteroatoms. The van der Waals surface area contributed by atoms with Crippen LogP contribution in [0.15, 0.2) is 24.3 Å². The molecule has 1 N–H and O–H groups in total. The molecule has 1 saturated carbocycles. The monoisotopic (exact) mass is 333 g/mol. The SMILES string of the molecule is CC(C)OC(=O)[C@@H](C)Oc1ccc(C(=O)NC2CCCCC2)cc1. The Kier molecular flexibility index (Phi) is 6.64. The van der Waals surface area contributed by atoms with Crippen molar-refractivity contribution in [1.82, 2.24) is 5.32 Å². The van der Waals surface area contributed by atoms with Crippen molar-refractivity contribution in [2.45, 2.75) is 71.1 Å². The van der Waals surface area contributed by atoms with Crippen LogP contribution in [0.1, 0.15) is 63.2 Å². The summed E-state index contributed by atoms with van der Waals surface area (Å²) in [5.74, 6) is 0.0854. The van der Waals surface area contributed by atoms with Crippen molar-refractivity contribution in [3.05, 3.63) is 29.8 Å². The Hall–Kier alpha value is -2.04. The Morgan fingerprint density at radius 2 is 1.67 bits per heavy atom. The molecule has 1 fully saturated rings. The first-order chi connectivity index (χ1) is 11.5. The van der Waals surface area contributed by atoms with E-state index >= 15 is 0 Å². The van der Waals surface area contributed by atoms with Gasteiger partial charge in [0.15, 0.2) is 6.10 Å². The number of rotatable bonds is 6. The Morgan fingerprint density at radius 1 is 1.04 bits per heavy atom. The third kappa shape index (κ3) is 5.55. The van der Waals surface area contributed by atoms with Gasteiger partial charge in [0, 0.05) is 11.6 Å². The summed E-state index contributed by atoms with van der Waals surface area (Å²) in [6.07, 6.45) is 4.88. The first-order valence-corrected chi connectivity index (χ1v) is 8.74. The fraction of sp³-hybridized carbons (Fsp3) is 0.579. The fourth-order valence-corrected chi connectivity index (χ4v) is 2.78. The first-order valence-electron chi connectivity index (χ1n) is 8.74. The van der Waals surface area contributed by atoms with Crippen LogP contribution in [0.5, 0.6) is 5.75 Å². The minimum Gasteiger partial charge on any atom is -0.479 e. The second kappa shape index (κ2) is 8.71. The molecule has 0 spiro atoms. The molecule has 0 unspecified atom stereocenters. The minimum absolute atomic E-state index is 0.0549. The van der Waals surface area contributed by atoms with E-state index in [0.29, 0.717) is 11.3 Å². The van der Waals surface area contributed by atoms with Crippen molar-refractivity contribution < 1.29 is 19.1 Å². The van der Waals surface area contributed by atoms with Crippen molar-refractivity contribution in [2.75, 3.05) is 0 Å². The number of carbonyl (C=O) groups excluding carboxylic acids is 2. The van der Waals surface area contributed by atoms with Gasteiger partial charge in [-0.25, -0.2) is 4.79 Å². The average molecular weight is 333 g/mol. The van der Waals surface area contributed by atoms with Crippen molar-refractivity contribution in [3.8, 4) is 5.75 Å². The molecule has 0 radical (unpaired) electrons. The van der Waals surface area contributed by atoms with Crippen molar-refractivity contribution >= 4 is 11.9 Å². The van der Waals surface area contributed by atoms with Gasteiger partial charge in [0.1, 0.15) is 5.75 Å². The molecule has 1 atom stereocenters. The van der Waals surface area contributed by atoms with Gasteiger partial charge in [0.25, 0.3) is 5.91 Å². The summed E-state index contributed by atoms with van der Waals surface area (Å²) < 4.78 is 10.7. The summed E-state index contributed by atoms with van der Waals surface area (Å²) in [6.45, 7) is 5.24. The minimum atomic E-state index is -0.686.